The molecule has 0 heterocycles. The largest absolute Gasteiger partial charge is 0.506 e. The van der Waals surface area contributed by atoms with E-state index in [4.69, 9.17) is 9.84 Å². The van der Waals surface area contributed by atoms with Crippen molar-refractivity contribution in [2.75, 3.05) is 19.0 Å². The predicted octanol–water partition coefficient (Wildman–Crippen LogP) is 1.78. The van der Waals surface area contributed by atoms with Crippen molar-refractivity contribution < 1.29 is 39.5 Å². The lowest BCUT2D eigenvalue weighted by Crippen LogP contribution is -2.32. The summed E-state index contributed by atoms with van der Waals surface area (Å²) < 4.78 is 5.13. The van der Waals surface area contributed by atoms with Crippen molar-refractivity contribution in [3.63, 3.8) is 0 Å². The minimum absolute atomic E-state index is 0.00437. The quantitative estimate of drug-likeness (QED) is 0.158. The molecular formula is C23H26N2O8. The van der Waals surface area contributed by atoms with Gasteiger partial charge in [-0.2, -0.15) is 0 Å². The first-order chi connectivity index (χ1) is 15.7. The van der Waals surface area contributed by atoms with Crippen molar-refractivity contribution in [3.05, 3.63) is 59.2 Å². The summed E-state index contributed by atoms with van der Waals surface area (Å²) in [6.45, 7) is 1.90. The summed E-state index contributed by atoms with van der Waals surface area (Å²) in [4.78, 5) is 33.9. The predicted molar refractivity (Wildman–Crippen MR) is 120 cm³/mol. The van der Waals surface area contributed by atoms with Gasteiger partial charge in [0.05, 0.1) is 24.5 Å². The second-order valence-corrected chi connectivity index (χ2v) is 7.26. The Morgan fingerprint density at radius 1 is 1.12 bits per heavy atom. The van der Waals surface area contributed by atoms with Gasteiger partial charge in [-0.05, 0) is 42.7 Å². The number of hydrogen-bond donors (Lipinski definition) is 6. The fourth-order valence-corrected chi connectivity index (χ4v) is 3.36. The lowest BCUT2D eigenvalue weighted by molar-refractivity contribution is -0.133. The molecule has 2 unspecified atom stereocenters. The summed E-state index contributed by atoms with van der Waals surface area (Å²) in [5, 5.41) is 44.9. The molecule has 176 valence electrons. The van der Waals surface area contributed by atoms with E-state index in [1.807, 2.05) is 31.2 Å². The Morgan fingerprint density at radius 3 is 2.33 bits per heavy atom. The zero-order valence-electron chi connectivity index (χ0n) is 18.1. The van der Waals surface area contributed by atoms with Crippen molar-refractivity contribution in [1.29, 1.82) is 0 Å². The van der Waals surface area contributed by atoms with Crippen molar-refractivity contribution in [1.82, 2.24) is 5.32 Å². The number of amides is 1. The van der Waals surface area contributed by atoms with Gasteiger partial charge in [-0.3, -0.25) is 4.79 Å². The summed E-state index contributed by atoms with van der Waals surface area (Å²) in [6, 6.07) is 9.88. The number of aliphatic hydroxyl groups excluding tert-OH is 1. The maximum Gasteiger partial charge on any atom is 0.336 e. The minimum atomic E-state index is -1.61. The number of nitrogens with one attached hydrogen (secondary N) is 2. The van der Waals surface area contributed by atoms with Crippen LogP contribution in [0.4, 0.5) is 5.69 Å². The average Bonchev–Trinajstić information content (AvgIpc) is 2.77. The third kappa shape index (κ3) is 6.79. The molecular weight excluding hydrogens is 432 g/mol. The SMILES string of the molecule is COc1ccc(CC(C)NCC(O)c2ccc(O)c(NC=O)c2/C(=C/C(=O)O)C(=O)O)cc1. The molecule has 2 aromatic rings. The molecule has 0 bridgehead atoms. The molecule has 0 aliphatic rings. The van der Waals surface area contributed by atoms with Gasteiger partial charge in [0.1, 0.15) is 11.5 Å². The first-order valence-electron chi connectivity index (χ1n) is 9.96. The smallest absolute Gasteiger partial charge is 0.336 e. The molecule has 0 spiro atoms. The maximum atomic E-state index is 11.8. The molecule has 6 N–H and O–H groups in total. The summed E-state index contributed by atoms with van der Waals surface area (Å²) in [5.41, 5.74) is -0.262. The minimum Gasteiger partial charge on any atom is -0.506 e. The molecule has 0 aromatic heterocycles. The summed E-state index contributed by atoms with van der Waals surface area (Å²) in [6.07, 6.45) is 0.00600. The average molecular weight is 458 g/mol. The monoisotopic (exact) mass is 458 g/mol. The molecule has 2 aromatic carbocycles. The molecule has 10 heteroatoms. The number of benzene rings is 2. The van der Waals surface area contributed by atoms with E-state index in [9.17, 15) is 29.7 Å². The van der Waals surface area contributed by atoms with E-state index in [2.05, 4.69) is 10.6 Å². The Morgan fingerprint density at radius 2 is 1.79 bits per heavy atom. The fourth-order valence-electron chi connectivity index (χ4n) is 3.36. The van der Waals surface area contributed by atoms with Gasteiger partial charge in [-0.25, -0.2) is 9.59 Å². The van der Waals surface area contributed by atoms with Crippen LogP contribution in [0.5, 0.6) is 11.5 Å². The van der Waals surface area contributed by atoms with E-state index in [0.717, 1.165) is 11.3 Å². The maximum absolute atomic E-state index is 11.8. The van der Waals surface area contributed by atoms with Crippen LogP contribution in [0.25, 0.3) is 5.57 Å². The van der Waals surface area contributed by atoms with Gasteiger partial charge in [0.2, 0.25) is 6.41 Å². The number of aliphatic carboxylic acids is 2. The third-order valence-corrected chi connectivity index (χ3v) is 4.91. The molecule has 0 aliphatic heterocycles. The van der Waals surface area contributed by atoms with E-state index in [1.165, 1.54) is 12.1 Å². The number of rotatable bonds is 12. The standard InChI is InChI=1S/C23H26N2O8/c1-13(9-14-3-5-15(33-2)6-4-14)24-11-19(28)16-7-8-18(27)22(25-12-26)21(16)17(23(31)32)10-20(29)30/h3-8,10,12-13,19,24,27-28H,9,11H2,1-2H3,(H,25,26)(H,29,30)(H,31,32)/b17-10-. The van der Waals surface area contributed by atoms with Gasteiger partial charge in [-0.1, -0.05) is 18.2 Å². The fraction of sp³-hybridized carbons (Fsp3) is 0.261. The van der Waals surface area contributed by atoms with Crippen LogP contribution in [0.3, 0.4) is 0 Å². The molecule has 10 nitrogen and oxygen atoms in total. The summed E-state index contributed by atoms with van der Waals surface area (Å²) >= 11 is 0. The number of carboxylic acid groups (broad SMARTS) is 2. The Labute approximate surface area is 190 Å². The Balaban J connectivity index is 2.30. The number of anilines is 1. The summed E-state index contributed by atoms with van der Waals surface area (Å²) in [5.74, 6) is -2.89. The lowest BCUT2D eigenvalue weighted by atomic mass is 9.93. The number of aromatic hydroxyl groups is 1. The molecule has 0 radical (unpaired) electrons. The summed E-state index contributed by atoms with van der Waals surface area (Å²) in [7, 11) is 1.58. The van der Waals surface area contributed by atoms with Gasteiger partial charge in [-0.15, -0.1) is 0 Å². The van der Waals surface area contributed by atoms with Crippen LogP contribution >= 0.6 is 0 Å². The zero-order valence-corrected chi connectivity index (χ0v) is 18.1. The normalized spacial score (nSPS) is 13.1. The van der Waals surface area contributed by atoms with Crippen LogP contribution < -0.4 is 15.4 Å². The van der Waals surface area contributed by atoms with E-state index in [-0.39, 0.29) is 35.8 Å². The second-order valence-electron chi connectivity index (χ2n) is 7.26. The van der Waals surface area contributed by atoms with E-state index < -0.39 is 29.4 Å². The van der Waals surface area contributed by atoms with Gasteiger partial charge >= 0.3 is 11.9 Å². The first-order valence-corrected chi connectivity index (χ1v) is 9.96. The molecule has 1 amide bonds. The number of phenols is 1. The first kappa shape index (κ1) is 25.4. The van der Waals surface area contributed by atoms with Crippen molar-refractivity contribution in [2.45, 2.75) is 25.5 Å². The van der Waals surface area contributed by atoms with Crippen LogP contribution in [0, 0.1) is 0 Å². The number of carboxylic acids is 2. The van der Waals surface area contributed by atoms with E-state index in [1.54, 1.807) is 7.11 Å². The van der Waals surface area contributed by atoms with Crippen LogP contribution in [0.1, 0.15) is 29.7 Å². The molecule has 0 saturated heterocycles. The topological polar surface area (TPSA) is 165 Å². The van der Waals surface area contributed by atoms with Crippen LogP contribution in [-0.2, 0) is 20.8 Å². The van der Waals surface area contributed by atoms with Gasteiger partial charge < -0.3 is 35.8 Å². The number of hydrogen-bond acceptors (Lipinski definition) is 7. The molecule has 0 fully saturated rings. The van der Waals surface area contributed by atoms with Gasteiger partial charge in [0, 0.05) is 24.2 Å². The number of carbonyl (C=O) groups excluding carboxylic acids is 1. The third-order valence-electron chi connectivity index (χ3n) is 4.91. The van der Waals surface area contributed by atoms with Gasteiger partial charge in [0.15, 0.2) is 0 Å². The molecule has 2 rings (SSSR count). The van der Waals surface area contributed by atoms with Crippen LogP contribution in [0.2, 0.25) is 0 Å². The lowest BCUT2D eigenvalue weighted by Gasteiger charge is -2.22. The molecule has 33 heavy (non-hydrogen) atoms. The highest BCUT2D eigenvalue weighted by Crippen LogP contribution is 2.37. The number of phenolic OH excluding ortho intramolecular Hbond substituents is 1. The van der Waals surface area contributed by atoms with Crippen molar-refractivity contribution in [2.24, 2.45) is 0 Å². The Hall–Kier alpha value is -3.89. The van der Waals surface area contributed by atoms with Crippen LogP contribution in [0.15, 0.2) is 42.5 Å². The number of aliphatic hydroxyl groups is 1. The van der Waals surface area contributed by atoms with Crippen molar-refractivity contribution >= 4 is 29.6 Å². The highest BCUT2D eigenvalue weighted by molar-refractivity contribution is 6.22. The van der Waals surface area contributed by atoms with Gasteiger partial charge in [0.25, 0.3) is 0 Å². The Kier molecular flexibility index (Phi) is 8.96. The highest BCUT2D eigenvalue weighted by atomic mass is 16.5. The number of ether oxygens (including phenoxy) is 1. The van der Waals surface area contributed by atoms with Crippen molar-refractivity contribution in [3.8, 4) is 11.5 Å². The zero-order chi connectivity index (χ0) is 24.5. The number of methoxy groups -OCH3 is 1. The van der Waals surface area contributed by atoms with E-state index in [0.29, 0.717) is 12.5 Å². The molecule has 0 aliphatic carbocycles. The van der Waals surface area contributed by atoms with E-state index >= 15 is 0 Å². The highest BCUT2D eigenvalue weighted by Gasteiger charge is 2.26. The van der Waals surface area contributed by atoms with Crippen LogP contribution in [-0.4, -0.2) is 58.5 Å². The second kappa shape index (κ2) is 11.7. The Bertz CT molecular complexity index is 1030. The molecule has 2 atom stereocenters. The molecule has 0 saturated carbocycles. The number of carbonyl (C=O) groups is 3.